The fraction of sp³-hybridized carbons (Fsp3) is 0.0909. The first-order valence-electron chi connectivity index (χ1n) is 8.81. The summed E-state index contributed by atoms with van der Waals surface area (Å²) >= 11 is 1.36. The number of halogens is 2. The summed E-state index contributed by atoms with van der Waals surface area (Å²) in [6, 6.07) is 20.1. The largest absolute Gasteiger partial charge is 0.488 e. The van der Waals surface area contributed by atoms with Gasteiger partial charge in [-0.1, -0.05) is 60.3 Å². The third-order valence-corrected chi connectivity index (χ3v) is 4.75. The van der Waals surface area contributed by atoms with Gasteiger partial charge in [0.25, 0.3) is 0 Å². The maximum atomic E-state index is 13.7. The van der Waals surface area contributed by atoms with Gasteiger partial charge in [-0.25, -0.2) is 8.78 Å². The van der Waals surface area contributed by atoms with Gasteiger partial charge in [0, 0.05) is 22.9 Å². The highest BCUT2D eigenvalue weighted by atomic mass is 32.2. The van der Waals surface area contributed by atoms with E-state index in [1.807, 2.05) is 30.3 Å². The van der Waals surface area contributed by atoms with Gasteiger partial charge in [-0.05, 0) is 23.8 Å². The number of ether oxygens (including phenoxy) is 1. The first kappa shape index (κ1) is 20.5. The van der Waals surface area contributed by atoms with Crippen molar-refractivity contribution in [2.75, 3.05) is 0 Å². The van der Waals surface area contributed by atoms with Crippen LogP contribution in [0.15, 0.2) is 83.0 Å². The zero-order chi connectivity index (χ0) is 20.5. The Morgan fingerprint density at radius 2 is 1.76 bits per heavy atom. The highest BCUT2D eigenvalue weighted by molar-refractivity contribution is 8.13. The fourth-order valence-corrected chi connectivity index (χ4v) is 3.03. The Labute approximate surface area is 172 Å². The van der Waals surface area contributed by atoms with Crippen molar-refractivity contribution in [3.8, 4) is 5.75 Å². The average molecular weight is 411 g/mol. The molecule has 0 unspecified atom stereocenters. The second kappa shape index (κ2) is 10.4. The van der Waals surface area contributed by atoms with Crippen molar-refractivity contribution in [2.24, 2.45) is 15.9 Å². The van der Waals surface area contributed by atoms with E-state index in [4.69, 9.17) is 10.5 Å². The number of nitrogens with two attached hydrogens (primary N) is 1. The second-order valence-electron chi connectivity index (χ2n) is 6.02. The van der Waals surface area contributed by atoms with Crippen molar-refractivity contribution >= 4 is 23.1 Å². The molecular formula is C22H19F2N3OS. The van der Waals surface area contributed by atoms with E-state index >= 15 is 0 Å². The Hall–Kier alpha value is -3.19. The van der Waals surface area contributed by atoms with Crippen LogP contribution in [0.3, 0.4) is 0 Å². The van der Waals surface area contributed by atoms with Crippen molar-refractivity contribution in [1.29, 1.82) is 0 Å². The molecular weight excluding hydrogens is 392 g/mol. The molecule has 3 aromatic rings. The molecule has 2 N–H and O–H groups in total. The van der Waals surface area contributed by atoms with Crippen LogP contribution in [0.1, 0.15) is 16.7 Å². The molecule has 7 heteroatoms. The first-order chi connectivity index (χ1) is 14.1. The first-order valence-corrected chi connectivity index (χ1v) is 9.79. The van der Waals surface area contributed by atoms with Crippen molar-refractivity contribution in [2.45, 2.75) is 12.4 Å². The van der Waals surface area contributed by atoms with Gasteiger partial charge >= 0.3 is 0 Å². The highest BCUT2D eigenvalue weighted by Crippen LogP contribution is 2.21. The molecule has 0 radical (unpaired) electrons. The SMILES string of the molecule is NC(=NN=Cc1ccc(F)cc1OCc1ccccc1F)SCc1ccccc1. The monoisotopic (exact) mass is 411 g/mol. The minimum atomic E-state index is -0.466. The lowest BCUT2D eigenvalue weighted by Gasteiger charge is -2.09. The van der Waals surface area contributed by atoms with Gasteiger partial charge in [0.1, 0.15) is 24.0 Å². The summed E-state index contributed by atoms with van der Waals surface area (Å²) in [5.41, 5.74) is 7.87. The van der Waals surface area contributed by atoms with Crippen LogP contribution < -0.4 is 10.5 Å². The Morgan fingerprint density at radius 3 is 2.55 bits per heavy atom. The molecule has 0 aliphatic heterocycles. The lowest BCUT2D eigenvalue weighted by atomic mass is 10.2. The number of benzene rings is 3. The van der Waals surface area contributed by atoms with E-state index in [2.05, 4.69) is 10.2 Å². The molecule has 0 aliphatic carbocycles. The van der Waals surface area contributed by atoms with Crippen LogP contribution in [0.25, 0.3) is 0 Å². The molecule has 148 valence electrons. The highest BCUT2D eigenvalue weighted by Gasteiger charge is 2.07. The molecule has 0 amide bonds. The molecule has 29 heavy (non-hydrogen) atoms. The van der Waals surface area contributed by atoms with Crippen LogP contribution in [0.5, 0.6) is 5.75 Å². The van der Waals surface area contributed by atoms with Gasteiger partial charge < -0.3 is 10.5 Å². The predicted octanol–water partition coefficient (Wildman–Crippen LogP) is 5.13. The van der Waals surface area contributed by atoms with Crippen LogP contribution in [-0.2, 0) is 12.4 Å². The summed E-state index contributed by atoms with van der Waals surface area (Å²) in [5.74, 6) is 0.0703. The Balaban J connectivity index is 1.64. The predicted molar refractivity (Wildman–Crippen MR) is 114 cm³/mol. The Kier molecular flexibility index (Phi) is 7.35. The minimum Gasteiger partial charge on any atom is -0.488 e. The summed E-state index contributed by atoms with van der Waals surface area (Å²) in [5, 5.41) is 8.21. The van der Waals surface area contributed by atoms with E-state index in [0.29, 0.717) is 22.0 Å². The second-order valence-corrected chi connectivity index (χ2v) is 7.01. The van der Waals surface area contributed by atoms with Gasteiger partial charge in [-0.15, -0.1) is 5.10 Å². The van der Waals surface area contributed by atoms with Crippen molar-refractivity contribution in [3.05, 3.63) is 101 Å². The van der Waals surface area contributed by atoms with E-state index in [9.17, 15) is 8.78 Å². The third-order valence-electron chi connectivity index (χ3n) is 3.90. The normalized spacial score (nSPS) is 11.7. The average Bonchev–Trinajstić information content (AvgIpc) is 2.74. The van der Waals surface area contributed by atoms with Gasteiger partial charge in [-0.2, -0.15) is 5.10 Å². The quantitative estimate of drug-likeness (QED) is 0.333. The van der Waals surface area contributed by atoms with Crippen LogP contribution >= 0.6 is 11.8 Å². The van der Waals surface area contributed by atoms with Crippen LogP contribution in [-0.4, -0.2) is 11.4 Å². The van der Waals surface area contributed by atoms with Crippen molar-refractivity contribution < 1.29 is 13.5 Å². The standard InChI is InChI=1S/C22H19F2N3OS/c23-19-11-10-17(21(12-19)28-14-18-8-4-5-9-20(18)24)13-26-27-22(25)29-15-16-6-2-1-3-7-16/h1-13H,14-15H2,(H2,25,27). The van der Waals surface area contributed by atoms with Gasteiger partial charge in [-0.3, -0.25) is 0 Å². The molecule has 0 fully saturated rings. The van der Waals surface area contributed by atoms with Gasteiger partial charge in [0.15, 0.2) is 5.17 Å². The lowest BCUT2D eigenvalue weighted by molar-refractivity contribution is 0.298. The smallest absolute Gasteiger partial charge is 0.180 e. The number of hydrogen-bond acceptors (Lipinski definition) is 4. The van der Waals surface area contributed by atoms with Crippen LogP contribution in [0.2, 0.25) is 0 Å². The zero-order valence-electron chi connectivity index (χ0n) is 15.5. The van der Waals surface area contributed by atoms with E-state index in [-0.39, 0.29) is 18.2 Å². The van der Waals surface area contributed by atoms with E-state index < -0.39 is 5.82 Å². The number of thioether (sulfide) groups is 1. The Bertz CT molecular complexity index is 1010. The van der Waals surface area contributed by atoms with E-state index in [0.717, 1.165) is 5.56 Å². The van der Waals surface area contributed by atoms with Crippen LogP contribution in [0.4, 0.5) is 8.78 Å². The molecule has 0 bridgehead atoms. The topological polar surface area (TPSA) is 60.0 Å². The summed E-state index contributed by atoms with van der Waals surface area (Å²) in [4.78, 5) is 0. The maximum Gasteiger partial charge on any atom is 0.180 e. The number of hydrogen-bond donors (Lipinski definition) is 1. The summed E-state index contributed by atoms with van der Waals surface area (Å²) < 4.78 is 33.0. The van der Waals surface area contributed by atoms with Gasteiger partial charge in [0.05, 0.1) is 6.21 Å². The number of amidine groups is 1. The van der Waals surface area contributed by atoms with Crippen LogP contribution in [0, 0.1) is 11.6 Å². The summed E-state index contributed by atoms with van der Waals surface area (Å²) in [6.45, 7) is -0.0324. The number of rotatable bonds is 7. The molecule has 3 aromatic carbocycles. The molecule has 0 aromatic heterocycles. The molecule has 0 spiro atoms. The van der Waals surface area contributed by atoms with E-state index in [1.54, 1.807) is 18.2 Å². The molecule has 4 nitrogen and oxygen atoms in total. The molecule has 0 heterocycles. The summed E-state index contributed by atoms with van der Waals surface area (Å²) in [7, 11) is 0. The Morgan fingerprint density at radius 1 is 1.00 bits per heavy atom. The zero-order valence-corrected chi connectivity index (χ0v) is 16.3. The van der Waals surface area contributed by atoms with E-state index in [1.165, 1.54) is 42.2 Å². The van der Waals surface area contributed by atoms with Crippen molar-refractivity contribution in [3.63, 3.8) is 0 Å². The number of nitrogens with zero attached hydrogens (tertiary/aromatic N) is 2. The third kappa shape index (κ3) is 6.43. The fourth-order valence-electron chi connectivity index (χ4n) is 2.42. The molecule has 0 aliphatic rings. The lowest BCUT2D eigenvalue weighted by Crippen LogP contribution is -2.06. The maximum absolute atomic E-state index is 13.7. The molecule has 0 atom stereocenters. The molecule has 0 saturated carbocycles. The van der Waals surface area contributed by atoms with Gasteiger partial charge in [0.2, 0.25) is 0 Å². The molecule has 0 saturated heterocycles. The molecule has 3 rings (SSSR count). The van der Waals surface area contributed by atoms with Crippen molar-refractivity contribution in [1.82, 2.24) is 0 Å². The minimum absolute atomic E-state index is 0.0324. The summed E-state index contributed by atoms with van der Waals surface area (Å²) in [6.07, 6.45) is 1.42.